The van der Waals surface area contributed by atoms with E-state index in [9.17, 15) is 74.6 Å². The minimum Gasteiger partial charge on any atom is -0.463 e. The zero-order valence-corrected chi connectivity index (χ0v) is 75.6. The van der Waals surface area contributed by atoms with Crippen molar-refractivity contribution >= 4 is 31.7 Å². The summed E-state index contributed by atoms with van der Waals surface area (Å²) in [6.07, 6.45) is 31.9. The van der Waals surface area contributed by atoms with Crippen LogP contribution in [0.3, 0.4) is 0 Å². The highest BCUT2D eigenvalue weighted by Crippen LogP contribution is 2.49. The average molecular weight is 1720 g/mol. The molecule has 700 valence electrons. The number of carbonyl (C=O) groups excluding carboxylic acids is 4. The Morgan fingerprint density at radius 2 is 0.630 bits per heavy atom. The molecule has 25 nitrogen and oxygen atoms in total. The van der Waals surface area contributed by atoms with Crippen molar-refractivity contribution in [3.05, 3.63) is 12.2 Å². The highest BCUT2D eigenvalue weighted by atomic mass is 31.2. The van der Waals surface area contributed by atoms with Crippen LogP contribution in [0.25, 0.3) is 0 Å². The molecular formula is C93H173O25P. The molecule has 2 heterocycles. The van der Waals surface area contributed by atoms with E-state index in [1.807, 2.05) is 0 Å². The van der Waals surface area contributed by atoms with Crippen LogP contribution in [0.5, 0.6) is 0 Å². The number of hydrogen-bond acceptors (Lipinski definition) is 24. The van der Waals surface area contributed by atoms with E-state index in [4.69, 9.17) is 46.9 Å². The standard InChI is InChI=1S/C93H173O25P/c1-5-9-13-17-21-25-29-33-36-39-43-46-50-54-58-62-66-77(96)110-72-75-81(100)83(102)87(106)93(114-75)117-90-88(115-79(98)68-64-60-56-52-48-44-40-37-34-30-26-22-18-14-10-6-2)84(103)85(104)89(116-92-86(105)82(101)80(99)74(69-94)113-92)91(90)118-119(107,108)111-71-73(112-78(97)67-63-59-55-51-47-41-32-28-24-20-16-12-8-4)70-109-76(95)65-61-57-53-49-45-42-38-35-31-27-23-19-15-11-7-3/h41,47,73-75,80-94,99-106H,5-40,42-46,48-72H2,1-4H3,(H,107,108)/b47-41-. The Morgan fingerprint density at radius 3 is 1.01 bits per heavy atom. The molecule has 18 unspecified atom stereocenters. The summed E-state index contributed by atoms with van der Waals surface area (Å²) in [5, 5.41) is 102. The maximum Gasteiger partial charge on any atom is 0.472 e. The second-order valence-electron chi connectivity index (χ2n) is 34.6. The largest absolute Gasteiger partial charge is 0.472 e. The molecule has 3 fully saturated rings. The van der Waals surface area contributed by atoms with Crippen LogP contribution in [0.15, 0.2) is 12.2 Å². The third-order valence-corrected chi connectivity index (χ3v) is 24.8. The molecule has 2 saturated heterocycles. The first-order chi connectivity index (χ1) is 57.7. The number of unbranched alkanes of at least 4 members (excludes halogenated alkanes) is 53. The van der Waals surface area contributed by atoms with Gasteiger partial charge in [0.05, 0.1) is 13.2 Å². The number of phosphoric ester groups is 1. The molecule has 0 amide bonds. The third kappa shape index (κ3) is 52.2. The van der Waals surface area contributed by atoms with Crippen molar-refractivity contribution < 1.29 is 122 Å². The summed E-state index contributed by atoms with van der Waals surface area (Å²) in [5.41, 5.74) is 0. The fourth-order valence-corrected chi connectivity index (χ4v) is 17.0. The van der Waals surface area contributed by atoms with Crippen molar-refractivity contribution in [3.63, 3.8) is 0 Å². The Balaban J connectivity index is 1.90. The predicted molar refractivity (Wildman–Crippen MR) is 463 cm³/mol. The number of aliphatic hydroxyl groups is 9. The Labute approximate surface area is 718 Å². The lowest BCUT2D eigenvalue weighted by molar-refractivity contribution is -0.360. The monoisotopic (exact) mass is 1720 g/mol. The number of hydrogen-bond donors (Lipinski definition) is 10. The quantitative estimate of drug-likeness (QED) is 0.00889. The molecule has 0 aromatic carbocycles. The van der Waals surface area contributed by atoms with Gasteiger partial charge in [0.15, 0.2) is 24.8 Å². The molecule has 1 saturated carbocycles. The fraction of sp³-hybridized carbons (Fsp3) is 0.935. The summed E-state index contributed by atoms with van der Waals surface area (Å²) in [4.78, 5) is 66.5. The highest BCUT2D eigenvalue weighted by Gasteiger charge is 2.60. The van der Waals surface area contributed by atoms with Crippen LogP contribution in [-0.2, 0) is 70.7 Å². The van der Waals surface area contributed by atoms with Gasteiger partial charge in [0.25, 0.3) is 0 Å². The summed E-state index contributed by atoms with van der Waals surface area (Å²) < 4.78 is 73.5. The van der Waals surface area contributed by atoms with Gasteiger partial charge in [-0.05, 0) is 51.4 Å². The van der Waals surface area contributed by atoms with E-state index in [0.29, 0.717) is 38.5 Å². The lowest BCUT2D eigenvalue weighted by Crippen LogP contribution is -2.70. The van der Waals surface area contributed by atoms with Gasteiger partial charge in [-0.3, -0.25) is 28.2 Å². The highest BCUT2D eigenvalue weighted by molar-refractivity contribution is 7.47. The van der Waals surface area contributed by atoms with Crippen LogP contribution >= 0.6 is 7.82 Å². The Kier molecular flexibility index (Phi) is 67.0. The summed E-state index contributed by atoms with van der Waals surface area (Å²) in [6.45, 7) is 5.62. The molecule has 26 heteroatoms. The second kappa shape index (κ2) is 72.3. The summed E-state index contributed by atoms with van der Waals surface area (Å²) >= 11 is 0. The van der Waals surface area contributed by atoms with E-state index in [1.165, 1.54) is 212 Å². The molecule has 0 bridgehead atoms. The molecule has 10 N–H and O–H groups in total. The van der Waals surface area contributed by atoms with Gasteiger partial charge < -0.3 is 88.7 Å². The van der Waals surface area contributed by atoms with Gasteiger partial charge >= 0.3 is 31.7 Å². The average Bonchev–Trinajstić information content (AvgIpc) is 0.754. The number of ether oxygens (including phenoxy) is 8. The van der Waals surface area contributed by atoms with Crippen LogP contribution in [-0.4, -0.2) is 205 Å². The first-order valence-electron chi connectivity index (χ1n) is 48.4. The summed E-state index contributed by atoms with van der Waals surface area (Å²) in [6, 6.07) is 0. The van der Waals surface area contributed by atoms with Crippen LogP contribution in [0.4, 0.5) is 0 Å². The van der Waals surface area contributed by atoms with Crippen molar-refractivity contribution in [2.45, 2.75) is 530 Å². The van der Waals surface area contributed by atoms with E-state index >= 15 is 0 Å². The molecule has 3 rings (SSSR count). The third-order valence-electron chi connectivity index (χ3n) is 23.8. The molecule has 0 aromatic rings. The molecule has 0 aromatic heterocycles. The maximum atomic E-state index is 14.9. The molecule has 2 aliphatic heterocycles. The van der Waals surface area contributed by atoms with Crippen molar-refractivity contribution in [3.8, 4) is 0 Å². The molecule has 18 atom stereocenters. The topological polar surface area (TPSA) is 380 Å². The smallest absolute Gasteiger partial charge is 0.463 e. The van der Waals surface area contributed by atoms with Crippen molar-refractivity contribution in [1.82, 2.24) is 0 Å². The molecule has 119 heavy (non-hydrogen) atoms. The number of carbonyl (C=O) groups is 4. The van der Waals surface area contributed by atoms with Crippen LogP contribution in [0.1, 0.15) is 426 Å². The van der Waals surface area contributed by atoms with Crippen molar-refractivity contribution in [1.29, 1.82) is 0 Å². The van der Waals surface area contributed by atoms with Crippen LogP contribution in [0, 0.1) is 0 Å². The molecular weight excluding hydrogens is 1550 g/mol. The summed E-state index contributed by atoms with van der Waals surface area (Å²) in [5.74, 6) is -2.97. The van der Waals surface area contributed by atoms with E-state index < -0.39 is 162 Å². The maximum absolute atomic E-state index is 14.9. The van der Waals surface area contributed by atoms with Gasteiger partial charge in [0.2, 0.25) is 0 Å². The van der Waals surface area contributed by atoms with Crippen molar-refractivity contribution in [2.24, 2.45) is 0 Å². The van der Waals surface area contributed by atoms with Gasteiger partial charge in [-0.1, -0.05) is 361 Å². The molecule has 1 aliphatic carbocycles. The van der Waals surface area contributed by atoms with Crippen LogP contribution in [0.2, 0.25) is 0 Å². The first kappa shape index (κ1) is 110. The Bertz CT molecular complexity index is 2520. The number of esters is 4. The number of allylic oxidation sites excluding steroid dienone is 2. The predicted octanol–water partition coefficient (Wildman–Crippen LogP) is 18.3. The molecule has 0 radical (unpaired) electrons. The lowest BCUT2D eigenvalue weighted by atomic mass is 9.84. The number of rotatable bonds is 79. The van der Waals surface area contributed by atoms with Crippen LogP contribution < -0.4 is 0 Å². The number of aliphatic hydroxyl groups excluding tert-OH is 9. The van der Waals surface area contributed by atoms with E-state index in [-0.39, 0.29) is 25.7 Å². The van der Waals surface area contributed by atoms with Gasteiger partial charge in [-0.2, -0.15) is 0 Å². The zero-order chi connectivity index (χ0) is 86.8. The minimum absolute atomic E-state index is 0.0187. The minimum atomic E-state index is -5.81. The SMILES string of the molecule is CCCCCCCC/C=C\CCCCCC(=O)OC(COC(=O)CCCCCCCCCCCCCCCCC)COP(=O)(O)OC1C(OC2OC(CO)C(O)C(O)C2O)C(O)C(O)C(OC(=O)CCCCCCCCCCCCCCCCCC)C1OC1OC(COC(=O)CCCCCCCCCCCCCCCCCC)C(O)C(O)C1O. The second-order valence-corrected chi connectivity index (χ2v) is 36.0. The van der Waals surface area contributed by atoms with E-state index in [2.05, 4.69) is 39.8 Å². The fourth-order valence-electron chi connectivity index (χ4n) is 16.1. The van der Waals surface area contributed by atoms with Gasteiger partial charge in [0.1, 0.15) is 92.6 Å². The molecule has 0 spiro atoms. The van der Waals surface area contributed by atoms with Crippen molar-refractivity contribution in [2.75, 3.05) is 26.4 Å². The van der Waals surface area contributed by atoms with Gasteiger partial charge in [-0.15, -0.1) is 0 Å². The normalized spacial score (nSPS) is 24.8. The van der Waals surface area contributed by atoms with Gasteiger partial charge in [-0.25, -0.2) is 4.57 Å². The Hall–Kier alpha value is -2.79. The lowest BCUT2D eigenvalue weighted by Gasteiger charge is -2.50. The molecule has 3 aliphatic rings. The van der Waals surface area contributed by atoms with Gasteiger partial charge in [0, 0.05) is 25.7 Å². The first-order valence-corrected chi connectivity index (χ1v) is 49.9. The summed E-state index contributed by atoms with van der Waals surface area (Å²) in [7, 11) is -5.81. The van der Waals surface area contributed by atoms with E-state index in [1.54, 1.807) is 0 Å². The Morgan fingerprint density at radius 1 is 0.328 bits per heavy atom. The number of phosphoric acid groups is 1. The zero-order valence-electron chi connectivity index (χ0n) is 74.7. The van der Waals surface area contributed by atoms with E-state index in [0.717, 1.165) is 122 Å².